The van der Waals surface area contributed by atoms with E-state index in [1.165, 1.54) is 16.6 Å². The Morgan fingerprint density at radius 2 is 1.96 bits per heavy atom. The highest BCUT2D eigenvalue weighted by Crippen LogP contribution is 2.21. The molecule has 0 atom stereocenters. The Hall–Kier alpha value is -3.48. The normalized spacial score (nSPS) is 11.0. The van der Waals surface area contributed by atoms with Crippen LogP contribution in [0.2, 0.25) is 0 Å². The lowest BCUT2D eigenvalue weighted by Gasteiger charge is -2.09. The Bertz CT molecular complexity index is 1140. The average molecular weight is 350 g/mol. The summed E-state index contributed by atoms with van der Waals surface area (Å²) >= 11 is 0. The minimum absolute atomic E-state index is 0.0869. The van der Waals surface area contributed by atoms with Gasteiger partial charge in [-0.3, -0.25) is 4.79 Å². The van der Waals surface area contributed by atoms with Crippen molar-refractivity contribution in [3.05, 3.63) is 82.0 Å². The molecule has 6 nitrogen and oxygen atoms in total. The monoisotopic (exact) mass is 350 g/mol. The summed E-state index contributed by atoms with van der Waals surface area (Å²) in [6, 6.07) is 15.4. The molecule has 2 aromatic carbocycles. The van der Waals surface area contributed by atoms with Crippen LogP contribution in [0, 0.1) is 12.7 Å². The van der Waals surface area contributed by atoms with E-state index in [-0.39, 0.29) is 18.0 Å². The Balaban J connectivity index is 1.65. The van der Waals surface area contributed by atoms with Gasteiger partial charge in [-0.15, -0.1) is 5.10 Å². The first-order valence-corrected chi connectivity index (χ1v) is 8.04. The van der Waals surface area contributed by atoms with Crippen molar-refractivity contribution in [2.45, 2.75) is 13.5 Å². The highest BCUT2D eigenvalue weighted by molar-refractivity contribution is 5.56. The molecule has 0 saturated carbocycles. The molecule has 0 fully saturated rings. The van der Waals surface area contributed by atoms with Crippen LogP contribution in [0.5, 0.6) is 5.75 Å². The lowest BCUT2D eigenvalue weighted by Crippen LogP contribution is -2.16. The highest BCUT2D eigenvalue weighted by Gasteiger charge is 2.11. The van der Waals surface area contributed by atoms with Crippen molar-refractivity contribution in [3.8, 4) is 17.1 Å². The summed E-state index contributed by atoms with van der Waals surface area (Å²) in [6.07, 6.45) is 0. The molecule has 7 heteroatoms. The molecular weight excluding hydrogens is 335 g/mol. The van der Waals surface area contributed by atoms with E-state index in [0.29, 0.717) is 28.6 Å². The van der Waals surface area contributed by atoms with E-state index in [0.717, 1.165) is 5.56 Å². The summed E-state index contributed by atoms with van der Waals surface area (Å²) in [5, 5.41) is 4.24. The predicted octanol–water partition coefficient (Wildman–Crippen LogP) is 3.11. The fraction of sp³-hybridized carbons (Fsp3) is 0.105. The van der Waals surface area contributed by atoms with Gasteiger partial charge in [0.2, 0.25) is 5.78 Å². The van der Waals surface area contributed by atoms with Gasteiger partial charge in [0, 0.05) is 17.2 Å². The molecule has 0 aliphatic carbocycles. The van der Waals surface area contributed by atoms with Crippen molar-refractivity contribution in [2.75, 3.05) is 0 Å². The number of H-pyrrole nitrogens is 1. The summed E-state index contributed by atoms with van der Waals surface area (Å²) in [7, 11) is 0. The second-order valence-electron chi connectivity index (χ2n) is 5.82. The number of aromatic nitrogens is 4. The van der Waals surface area contributed by atoms with Gasteiger partial charge < -0.3 is 9.72 Å². The molecule has 0 amide bonds. The van der Waals surface area contributed by atoms with Crippen molar-refractivity contribution in [2.24, 2.45) is 0 Å². The molecule has 0 radical (unpaired) electrons. The van der Waals surface area contributed by atoms with E-state index in [1.54, 1.807) is 19.1 Å². The highest BCUT2D eigenvalue weighted by atomic mass is 19.1. The van der Waals surface area contributed by atoms with Crippen LogP contribution in [0.1, 0.15) is 11.3 Å². The largest absolute Gasteiger partial charge is 0.487 e. The van der Waals surface area contributed by atoms with E-state index in [2.05, 4.69) is 15.1 Å². The standard InChI is InChI=1S/C19H15FN4O2/c1-12-15(20)8-5-9-16(12)26-11-14-10-17(25)24-19(21-14)22-18(23-24)13-6-3-2-4-7-13/h2-10H,11H2,1H3,(H,21,22,23). The van der Waals surface area contributed by atoms with Gasteiger partial charge in [-0.25, -0.2) is 4.39 Å². The summed E-state index contributed by atoms with van der Waals surface area (Å²) in [5.74, 6) is 0.873. The van der Waals surface area contributed by atoms with Crippen LogP contribution in [0.25, 0.3) is 17.2 Å². The van der Waals surface area contributed by atoms with Gasteiger partial charge >= 0.3 is 0 Å². The quantitative estimate of drug-likeness (QED) is 0.614. The van der Waals surface area contributed by atoms with Crippen LogP contribution in [0.3, 0.4) is 0 Å². The number of nitrogens with zero attached hydrogens (tertiary/aromatic N) is 3. The van der Waals surface area contributed by atoms with Crippen molar-refractivity contribution < 1.29 is 9.13 Å². The Morgan fingerprint density at radius 1 is 1.15 bits per heavy atom. The van der Waals surface area contributed by atoms with Crippen LogP contribution < -0.4 is 10.3 Å². The van der Waals surface area contributed by atoms with Gasteiger partial charge in [0.05, 0.1) is 5.69 Å². The van der Waals surface area contributed by atoms with Crippen molar-refractivity contribution >= 4 is 5.78 Å². The Morgan fingerprint density at radius 3 is 2.77 bits per heavy atom. The minimum Gasteiger partial charge on any atom is -0.487 e. The maximum atomic E-state index is 13.6. The fourth-order valence-electron chi connectivity index (χ4n) is 2.62. The zero-order valence-corrected chi connectivity index (χ0v) is 13.9. The molecule has 0 saturated heterocycles. The predicted molar refractivity (Wildman–Crippen MR) is 94.5 cm³/mol. The zero-order chi connectivity index (χ0) is 18.1. The van der Waals surface area contributed by atoms with Gasteiger partial charge in [0.1, 0.15) is 18.2 Å². The number of hydrogen-bond donors (Lipinski definition) is 1. The molecule has 4 aromatic rings. The van der Waals surface area contributed by atoms with Crippen LogP contribution in [0.15, 0.2) is 59.4 Å². The SMILES string of the molecule is Cc1c(F)cccc1OCc1cc(=O)n2nc(-c3ccccc3)nc2[nH]1. The van der Waals surface area contributed by atoms with E-state index < -0.39 is 0 Å². The number of halogens is 1. The summed E-state index contributed by atoms with van der Waals surface area (Å²) in [6.45, 7) is 1.73. The van der Waals surface area contributed by atoms with Gasteiger partial charge in [-0.2, -0.15) is 9.50 Å². The minimum atomic E-state index is -0.337. The third kappa shape index (κ3) is 2.95. The number of nitrogens with one attached hydrogen (secondary N) is 1. The van der Waals surface area contributed by atoms with Crippen LogP contribution in [-0.4, -0.2) is 19.6 Å². The van der Waals surface area contributed by atoms with Crippen molar-refractivity contribution in [3.63, 3.8) is 0 Å². The van der Waals surface area contributed by atoms with Gasteiger partial charge in [-0.1, -0.05) is 36.4 Å². The van der Waals surface area contributed by atoms with Gasteiger partial charge in [0.15, 0.2) is 5.82 Å². The molecular formula is C19H15FN4O2. The first kappa shape index (κ1) is 16.0. The number of rotatable bonds is 4. The Labute approximate surface area is 147 Å². The maximum absolute atomic E-state index is 13.6. The fourth-order valence-corrected chi connectivity index (χ4v) is 2.62. The van der Waals surface area contributed by atoms with Crippen molar-refractivity contribution in [1.29, 1.82) is 0 Å². The molecule has 130 valence electrons. The molecule has 0 aliphatic heterocycles. The molecule has 2 heterocycles. The van der Waals surface area contributed by atoms with Gasteiger partial charge in [0.25, 0.3) is 5.56 Å². The molecule has 1 N–H and O–H groups in total. The second kappa shape index (κ2) is 6.44. The summed E-state index contributed by atoms with van der Waals surface area (Å²) in [4.78, 5) is 19.7. The lowest BCUT2D eigenvalue weighted by molar-refractivity contribution is 0.297. The molecule has 26 heavy (non-hydrogen) atoms. The topological polar surface area (TPSA) is 72.3 Å². The average Bonchev–Trinajstić information content (AvgIpc) is 3.08. The number of hydrogen-bond acceptors (Lipinski definition) is 4. The molecule has 4 rings (SSSR count). The smallest absolute Gasteiger partial charge is 0.276 e. The molecule has 0 spiro atoms. The van der Waals surface area contributed by atoms with Crippen LogP contribution in [-0.2, 0) is 6.61 Å². The molecule has 0 bridgehead atoms. The first-order chi connectivity index (χ1) is 12.6. The van der Waals surface area contributed by atoms with Crippen LogP contribution in [0.4, 0.5) is 4.39 Å². The third-order valence-electron chi connectivity index (χ3n) is 4.02. The molecule has 2 aromatic heterocycles. The second-order valence-corrected chi connectivity index (χ2v) is 5.82. The van der Waals surface area contributed by atoms with E-state index in [9.17, 15) is 9.18 Å². The number of aromatic amines is 1. The lowest BCUT2D eigenvalue weighted by atomic mass is 10.2. The maximum Gasteiger partial charge on any atom is 0.276 e. The number of ether oxygens (including phenoxy) is 1. The van der Waals surface area contributed by atoms with E-state index >= 15 is 0 Å². The number of benzene rings is 2. The van der Waals surface area contributed by atoms with Crippen LogP contribution >= 0.6 is 0 Å². The first-order valence-electron chi connectivity index (χ1n) is 8.04. The summed E-state index contributed by atoms with van der Waals surface area (Å²) < 4.78 is 20.4. The third-order valence-corrected chi connectivity index (χ3v) is 4.02. The number of fused-ring (bicyclic) bond motifs is 1. The summed E-state index contributed by atoms with van der Waals surface area (Å²) in [5.41, 5.74) is 1.45. The van der Waals surface area contributed by atoms with Crippen molar-refractivity contribution in [1.82, 2.24) is 19.6 Å². The molecule has 0 aliphatic rings. The zero-order valence-electron chi connectivity index (χ0n) is 13.9. The molecule has 0 unspecified atom stereocenters. The van der Waals surface area contributed by atoms with E-state index in [4.69, 9.17) is 4.74 Å². The van der Waals surface area contributed by atoms with E-state index in [1.807, 2.05) is 30.3 Å². The van der Waals surface area contributed by atoms with Gasteiger partial charge in [-0.05, 0) is 19.1 Å². The Kier molecular flexibility index (Phi) is 3.96.